The Labute approximate surface area is 397 Å². The third-order valence-corrected chi connectivity index (χ3v) is 8.96. The molecule has 9 heteroatoms. The van der Waals surface area contributed by atoms with E-state index in [1.807, 2.05) is 135 Å². The molecule has 9 nitrogen and oxygen atoms in total. The third kappa shape index (κ3) is 25.7. The van der Waals surface area contributed by atoms with Crippen LogP contribution in [0.2, 0.25) is 0 Å². The van der Waals surface area contributed by atoms with Crippen LogP contribution in [0, 0.1) is 46.5 Å². The summed E-state index contributed by atoms with van der Waals surface area (Å²) in [6.07, 6.45) is 11.7. The first kappa shape index (κ1) is 63.2. The molecule has 0 bridgehead atoms. The van der Waals surface area contributed by atoms with Crippen LogP contribution in [0.4, 0.5) is 0 Å². The maximum atomic E-state index is 4.16. The van der Waals surface area contributed by atoms with Gasteiger partial charge in [-0.05, 0) is 91.5 Å². The van der Waals surface area contributed by atoms with Crippen LogP contribution in [0.15, 0.2) is 97.1 Å². The Kier molecular flexibility index (Phi) is 38.3. The van der Waals surface area contributed by atoms with Crippen LogP contribution in [-0.2, 0) is 21.1 Å². The molecule has 0 aliphatic heterocycles. The van der Waals surface area contributed by atoms with Crippen molar-refractivity contribution in [3.63, 3.8) is 0 Å². The van der Waals surface area contributed by atoms with Crippen molar-refractivity contribution in [3.05, 3.63) is 142 Å². The van der Waals surface area contributed by atoms with Gasteiger partial charge in [0.15, 0.2) is 0 Å². The van der Waals surface area contributed by atoms with E-state index >= 15 is 0 Å². The van der Waals surface area contributed by atoms with E-state index in [2.05, 4.69) is 157 Å². The summed E-state index contributed by atoms with van der Waals surface area (Å²) >= 11 is 0. The molecule has 0 aliphatic carbocycles. The maximum Gasteiger partial charge on any atom is 0.115 e. The summed E-state index contributed by atoms with van der Waals surface area (Å²) in [6, 6.07) is 24.9. The standard InChI is InChI=1S/C13H15N3.C12H12.C11H13N3.C6H12.C5H9N3.C3H8.3C2H6/c1-4-5-11-6-8-12(9-7-11)13-10(2)16(3)15-14-13;1-3-5-11-7-9-12(6-4-2)10-8-11;1-8-4-6-10(7-5-8)11-9(2)14(3)13-12-11;1-4-6(3)5-2;1-4-5(2)8(3)7-6-4;1-3-2;3*1-2/h4-9H,1-3H3;3,5,7-10H,1-2H3;4-7H,1-3H3;3-5H2,1-2H3;1-3H3;3H2,1-2H3;3*1-2H3/b5-4+;5-3+;;;;;;;. The smallest absolute Gasteiger partial charge is 0.115 e. The van der Waals surface area contributed by atoms with Crippen LogP contribution in [0.3, 0.4) is 0 Å². The number of nitrogens with zero attached hydrogens (tertiary/aromatic N) is 9. The molecule has 3 heterocycles. The Morgan fingerprint density at radius 1 is 0.538 bits per heavy atom. The second kappa shape index (κ2) is 39.5. The Hall–Kier alpha value is -6.14. The second-order valence-electron chi connectivity index (χ2n) is 13.8. The minimum atomic E-state index is 0.953. The molecular formula is C56H87N9. The molecule has 65 heavy (non-hydrogen) atoms. The van der Waals surface area contributed by atoms with Crippen LogP contribution >= 0.6 is 0 Å². The summed E-state index contributed by atoms with van der Waals surface area (Å²) in [5, 5.41) is 23.9. The van der Waals surface area contributed by atoms with E-state index in [-0.39, 0.29) is 0 Å². The van der Waals surface area contributed by atoms with Crippen molar-refractivity contribution in [1.82, 2.24) is 45.0 Å². The van der Waals surface area contributed by atoms with Crippen LogP contribution < -0.4 is 0 Å². The molecule has 3 aromatic heterocycles. The average molecular weight is 886 g/mol. The number of hydrogen-bond acceptors (Lipinski definition) is 6. The topological polar surface area (TPSA) is 92.1 Å². The molecule has 0 fully saturated rings. The zero-order chi connectivity index (χ0) is 50.3. The van der Waals surface area contributed by atoms with Crippen molar-refractivity contribution in [2.24, 2.45) is 21.1 Å². The summed E-state index contributed by atoms with van der Waals surface area (Å²) in [5.41, 5.74) is 14.6. The quantitative estimate of drug-likeness (QED) is 0.122. The molecule has 356 valence electrons. The number of aryl methyl sites for hydroxylation is 5. The normalized spacial score (nSPS) is 9.31. The molecular weight excluding hydrogens is 799 g/mol. The maximum absolute atomic E-state index is 4.16. The van der Waals surface area contributed by atoms with Crippen molar-refractivity contribution in [1.29, 1.82) is 0 Å². The molecule has 0 radical (unpaired) electrons. The lowest BCUT2D eigenvalue weighted by atomic mass is 10.1. The number of allylic oxidation sites excluding steroid dienone is 3. The van der Waals surface area contributed by atoms with E-state index in [4.69, 9.17) is 0 Å². The van der Waals surface area contributed by atoms with Gasteiger partial charge in [-0.2, -0.15) is 0 Å². The van der Waals surface area contributed by atoms with E-state index < -0.39 is 0 Å². The molecule has 0 N–H and O–H groups in total. The molecule has 0 aliphatic rings. The zero-order valence-corrected chi connectivity index (χ0v) is 44.6. The predicted octanol–water partition coefficient (Wildman–Crippen LogP) is 15.3. The Bertz CT molecular complexity index is 2170. The van der Waals surface area contributed by atoms with E-state index in [1.54, 1.807) is 14.0 Å². The van der Waals surface area contributed by atoms with Crippen molar-refractivity contribution in [2.45, 2.75) is 144 Å². The predicted molar refractivity (Wildman–Crippen MR) is 286 cm³/mol. The fourth-order valence-electron chi connectivity index (χ4n) is 4.77. The largest absolute Gasteiger partial charge is 0.252 e. The Morgan fingerprint density at radius 2 is 0.877 bits per heavy atom. The summed E-state index contributed by atoms with van der Waals surface area (Å²) in [5.74, 6) is 5.87. The molecule has 0 unspecified atom stereocenters. The van der Waals surface area contributed by atoms with Crippen LogP contribution in [0.5, 0.6) is 0 Å². The van der Waals surface area contributed by atoms with E-state index in [9.17, 15) is 0 Å². The van der Waals surface area contributed by atoms with Gasteiger partial charge in [-0.25, -0.2) is 0 Å². The number of rotatable bonds is 6. The lowest BCUT2D eigenvalue weighted by molar-refractivity contribution is 0.696. The first-order chi connectivity index (χ1) is 31.2. The van der Waals surface area contributed by atoms with Crippen molar-refractivity contribution >= 4 is 12.2 Å². The SMILES string of the molecule is C/C=C/c1ccc(-c2nnn(C)c2C)cc1.C=C(CC)CC.CC.CC.CC.CC#Cc1ccc(/C=C/C)cc1.CCC.Cc1ccc(-c2nnn(C)c2C)cc1.Cc1nnn(C)c1C. The molecule has 0 saturated carbocycles. The second-order valence-corrected chi connectivity index (χ2v) is 13.8. The van der Waals surface area contributed by atoms with Crippen LogP contribution in [-0.4, -0.2) is 45.0 Å². The average Bonchev–Trinajstić information content (AvgIpc) is 3.97. The summed E-state index contributed by atoms with van der Waals surface area (Å²) in [7, 11) is 5.69. The van der Waals surface area contributed by atoms with Crippen molar-refractivity contribution in [3.8, 4) is 34.4 Å². The highest BCUT2D eigenvalue weighted by Crippen LogP contribution is 2.21. The minimum Gasteiger partial charge on any atom is -0.252 e. The summed E-state index contributed by atoms with van der Waals surface area (Å²) in [6.45, 7) is 40.2. The molecule has 3 aromatic carbocycles. The lowest BCUT2D eigenvalue weighted by Crippen LogP contribution is -1.92. The van der Waals surface area contributed by atoms with E-state index in [1.165, 1.54) is 28.7 Å². The highest BCUT2D eigenvalue weighted by molar-refractivity contribution is 5.64. The van der Waals surface area contributed by atoms with Gasteiger partial charge in [0.2, 0.25) is 0 Å². The highest BCUT2D eigenvalue weighted by atomic mass is 15.4. The van der Waals surface area contributed by atoms with Crippen molar-refractivity contribution in [2.75, 3.05) is 0 Å². The fourth-order valence-corrected chi connectivity index (χ4v) is 4.77. The monoisotopic (exact) mass is 886 g/mol. The zero-order valence-electron chi connectivity index (χ0n) is 44.6. The first-order valence-corrected chi connectivity index (χ1v) is 23.4. The van der Waals surface area contributed by atoms with Gasteiger partial charge in [0.05, 0.1) is 22.8 Å². The first-order valence-electron chi connectivity index (χ1n) is 23.4. The van der Waals surface area contributed by atoms with E-state index in [0.717, 1.165) is 63.7 Å². The fraction of sp³-hybridized carbons (Fsp3) is 0.429. The molecule has 0 atom stereocenters. The highest BCUT2D eigenvalue weighted by Gasteiger charge is 2.08. The van der Waals surface area contributed by atoms with Gasteiger partial charge in [0, 0.05) is 37.8 Å². The number of hydrogen-bond donors (Lipinski definition) is 0. The molecule has 0 saturated heterocycles. The van der Waals surface area contributed by atoms with E-state index in [0.29, 0.717) is 0 Å². The number of aromatic nitrogens is 9. The van der Waals surface area contributed by atoms with Gasteiger partial charge in [0.25, 0.3) is 0 Å². The Balaban J connectivity index is -0.000000727. The number of benzene rings is 3. The van der Waals surface area contributed by atoms with Gasteiger partial charge >= 0.3 is 0 Å². The van der Waals surface area contributed by atoms with Gasteiger partial charge < -0.3 is 0 Å². The Morgan fingerprint density at radius 3 is 1.12 bits per heavy atom. The summed E-state index contributed by atoms with van der Waals surface area (Å²) < 4.78 is 5.33. The lowest BCUT2D eigenvalue weighted by Gasteiger charge is -1.99. The molecule has 6 aromatic rings. The molecule has 6 rings (SSSR count). The molecule has 0 spiro atoms. The summed E-state index contributed by atoms with van der Waals surface area (Å²) in [4.78, 5) is 0. The molecule has 0 amide bonds. The van der Waals surface area contributed by atoms with Gasteiger partial charge in [-0.1, -0.05) is 200 Å². The minimum absolute atomic E-state index is 0.953. The third-order valence-electron chi connectivity index (χ3n) is 8.96. The van der Waals surface area contributed by atoms with Gasteiger partial charge in [0.1, 0.15) is 11.4 Å². The van der Waals surface area contributed by atoms with Gasteiger partial charge in [-0.3, -0.25) is 14.0 Å². The van der Waals surface area contributed by atoms with Gasteiger partial charge in [-0.15, -0.1) is 21.2 Å². The van der Waals surface area contributed by atoms with Crippen molar-refractivity contribution < 1.29 is 0 Å². The van der Waals surface area contributed by atoms with Crippen LogP contribution in [0.25, 0.3) is 34.7 Å². The van der Waals surface area contributed by atoms with Crippen LogP contribution in [0.1, 0.15) is 154 Å².